The molecule has 1 aliphatic heterocycles. The predicted molar refractivity (Wildman–Crippen MR) is 102 cm³/mol. The average molecular weight is 424 g/mol. The molecule has 134 valence electrons. The molecule has 0 radical (unpaired) electrons. The Labute approximate surface area is 160 Å². The number of carbonyl (C=O) groups excluding carboxylic acids is 2. The Hall–Kier alpha value is -1.40. The Morgan fingerprint density at radius 2 is 2.16 bits per heavy atom. The molecule has 0 bridgehead atoms. The first-order valence-corrected chi connectivity index (χ1v) is 10.0. The molecule has 1 aromatic rings. The molecule has 1 N–H and O–H groups in total. The highest BCUT2D eigenvalue weighted by atomic mass is 79.9. The zero-order chi connectivity index (χ0) is 18.4. The van der Waals surface area contributed by atoms with Crippen LogP contribution in [0, 0.1) is 11.3 Å². The van der Waals surface area contributed by atoms with Crippen molar-refractivity contribution in [3.63, 3.8) is 0 Å². The number of carbonyl (C=O) groups is 2. The first-order valence-electron chi connectivity index (χ1n) is 8.38. The van der Waals surface area contributed by atoms with Crippen molar-refractivity contribution < 1.29 is 14.3 Å². The maximum Gasteiger partial charge on any atom is 0.336 e. The summed E-state index contributed by atoms with van der Waals surface area (Å²) in [6.07, 6.45) is 2.61. The fourth-order valence-corrected chi connectivity index (χ4v) is 5.33. The van der Waals surface area contributed by atoms with Crippen molar-refractivity contribution >= 4 is 39.0 Å². The number of thiophene rings is 1. The lowest BCUT2D eigenvalue weighted by Crippen LogP contribution is -2.43. The number of rotatable bonds is 3. The molecule has 25 heavy (non-hydrogen) atoms. The van der Waals surface area contributed by atoms with E-state index < -0.39 is 0 Å². The summed E-state index contributed by atoms with van der Waals surface area (Å²) in [5.74, 6) is -0.842. The molecule has 0 aromatic carbocycles. The van der Waals surface area contributed by atoms with Gasteiger partial charge in [0.15, 0.2) is 0 Å². The van der Waals surface area contributed by atoms with Crippen molar-refractivity contribution in [1.82, 2.24) is 5.32 Å². The first kappa shape index (κ1) is 18.4. The van der Waals surface area contributed by atoms with Gasteiger partial charge in [-0.2, -0.15) is 0 Å². The van der Waals surface area contributed by atoms with Crippen LogP contribution in [0.2, 0.25) is 0 Å². The van der Waals surface area contributed by atoms with Gasteiger partial charge < -0.3 is 10.1 Å². The van der Waals surface area contributed by atoms with E-state index in [1.165, 1.54) is 0 Å². The minimum absolute atomic E-state index is 0.166. The first-order chi connectivity index (χ1) is 11.7. The fourth-order valence-electron chi connectivity index (χ4n) is 3.74. The molecule has 0 spiro atoms. The van der Waals surface area contributed by atoms with Gasteiger partial charge in [-0.05, 0) is 41.3 Å². The Kier molecular flexibility index (Phi) is 4.95. The van der Waals surface area contributed by atoms with Crippen LogP contribution in [0.25, 0.3) is 0 Å². The molecule has 1 aromatic heterocycles. The van der Waals surface area contributed by atoms with Crippen molar-refractivity contribution in [2.45, 2.75) is 40.0 Å². The number of ether oxygens (including phenoxy) is 1. The van der Waals surface area contributed by atoms with Crippen LogP contribution in [0.3, 0.4) is 0 Å². The molecule has 6 heteroatoms. The van der Waals surface area contributed by atoms with Crippen LogP contribution in [-0.4, -0.2) is 18.4 Å². The number of hydrogen-bond donors (Lipinski definition) is 1. The highest BCUT2D eigenvalue weighted by Gasteiger charge is 2.46. The maximum atomic E-state index is 13.0. The third-order valence-electron chi connectivity index (χ3n) is 4.63. The Morgan fingerprint density at radius 3 is 2.76 bits per heavy atom. The molecular weight excluding hydrogens is 402 g/mol. The number of halogens is 1. The minimum atomic E-state index is -0.360. The summed E-state index contributed by atoms with van der Waals surface area (Å²) in [4.78, 5) is 26.7. The molecule has 2 heterocycles. The molecule has 3 rings (SSSR count). The highest BCUT2D eigenvalue weighted by molar-refractivity contribution is 9.10. The van der Waals surface area contributed by atoms with E-state index in [2.05, 4.69) is 41.2 Å². The van der Waals surface area contributed by atoms with Crippen LogP contribution < -0.4 is 5.32 Å². The Bertz CT molecular complexity index is 790. The van der Waals surface area contributed by atoms with Gasteiger partial charge in [-0.1, -0.05) is 19.9 Å². The smallest absolute Gasteiger partial charge is 0.336 e. The standard InChI is InChI=1S/C19H22BrNO3S/c1-5-24-18(23)15-10(2)21-12-7-19(3,4)8-13(22)16(12)17(15)14-6-11(20)9-25-14/h6-7,9,16-17,21H,5,8H2,1-4H3. The lowest BCUT2D eigenvalue weighted by Gasteiger charge is -2.40. The van der Waals surface area contributed by atoms with Gasteiger partial charge in [-0.3, -0.25) is 4.79 Å². The summed E-state index contributed by atoms with van der Waals surface area (Å²) in [5, 5.41) is 5.29. The van der Waals surface area contributed by atoms with E-state index in [1.807, 2.05) is 18.4 Å². The topological polar surface area (TPSA) is 55.4 Å². The number of Topliss-reactive ketones (excluding diaryl/α,β-unsaturated/α-hetero) is 1. The molecule has 4 nitrogen and oxygen atoms in total. The van der Waals surface area contributed by atoms with Crippen LogP contribution in [0.4, 0.5) is 0 Å². The van der Waals surface area contributed by atoms with Crippen molar-refractivity contribution in [3.05, 3.63) is 43.8 Å². The van der Waals surface area contributed by atoms with Gasteiger partial charge in [0.05, 0.1) is 18.1 Å². The van der Waals surface area contributed by atoms with Gasteiger partial charge in [-0.25, -0.2) is 4.79 Å². The second-order valence-electron chi connectivity index (χ2n) is 7.24. The average Bonchev–Trinajstić information content (AvgIpc) is 2.90. The van der Waals surface area contributed by atoms with Crippen molar-refractivity contribution in [3.8, 4) is 0 Å². The predicted octanol–water partition coefficient (Wildman–Crippen LogP) is 4.53. The van der Waals surface area contributed by atoms with Crippen LogP contribution in [-0.2, 0) is 14.3 Å². The van der Waals surface area contributed by atoms with Gasteiger partial charge in [-0.15, -0.1) is 11.3 Å². The molecule has 0 amide bonds. The quantitative estimate of drug-likeness (QED) is 0.725. The van der Waals surface area contributed by atoms with E-state index in [0.717, 1.165) is 20.7 Å². The summed E-state index contributed by atoms with van der Waals surface area (Å²) < 4.78 is 6.25. The van der Waals surface area contributed by atoms with Gasteiger partial charge in [0.25, 0.3) is 0 Å². The summed E-state index contributed by atoms with van der Waals surface area (Å²) in [6, 6.07) is 2.00. The van der Waals surface area contributed by atoms with Crippen LogP contribution in [0.15, 0.2) is 39.0 Å². The van der Waals surface area contributed by atoms with Gasteiger partial charge in [0.2, 0.25) is 0 Å². The molecule has 2 unspecified atom stereocenters. The molecule has 0 saturated heterocycles. The molecular formula is C19H22BrNO3S. The van der Waals surface area contributed by atoms with Crippen molar-refractivity contribution in [2.75, 3.05) is 6.61 Å². The van der Waals surface area contributed by atoms with Crippen LogP contribution in [0.5, 0.6) is 0 Å². The van der Waals surface area contributed by atoms with Crippen LogP contribution >= 0.6 is 27.3 Å². The van der Waals surface area contributed by atoms with Crippen LogP contribution in [0.1, 0.15) is 44.9 Å². The second-order valence-corrected chi connectivity index (χ2v) is 9.10. The number of hydrogen-bond acceptors (Lipinski definition) is 5. The van der Waals surface area contributed by atoms with E-state index in [9.17, 15) is 9.59 Å². The molecule has 0 fully saturated rings. The second kappa shape index (κ2) is 6.72. The summed E-state index contributed by atoms with van der Waals surface area (Å²) >= 11 is 5.04. The monoisotopic (exact) mass is 423 g/mol. The fraction of sp³-hybridized carbons (Fsp3) is 0.474. The third kappa shape index (κ3) is 3.47. The van der Waals surface area contributed by atoms with E-state index in [0.29, 0.717) is 18.6 Å². The number of esters is 1. The van der Waals surface area contributed by atoms with Crippen molar-refractivity contribution in [1.29, 1.82) is 0 Å². The summed E-state index contributed by atoms with van der Waals surface area (Å²) in [5.41, 5.74) is 2.05. The van der Waals surface area contributed by atoms with Gasteiger partial charge >= 0.3 is 5.97 Å². The SMILES string of the molecule is CCOC(=O)C1=C(C)NC2=CC(C)(C)CC(=O)C2C1c1cc(Br)cs1. The summed E-state index contributed by atoms with van der Waals surface area (Å²) in [7, 11) is 0. The number of ketones is 1. The van der Waals surface area contributed by atoms with E-state index in [1.54, 1.807) is 18.3 Å². The van der Waals surface area contributed by atoms with E-state index in [4.69, 9.17) is 4.74 Å². The van der Waals surface area contributed by atoms with Gasteiger partial charge in [0.1, 0.15) is 5.78 Å². The minimum Gasteiger partial charge on any atom is -0.463 e. The zero-order valence-corrected chi connectivity index (χ0v) is 17.2. The lowest BCUT2D eigenvalue weighted by atomic mass is 9.68. The summed E-state index contributed by atoms with van der Waals surface area (Å²) in [6.45, 7) is 8.11. The number of allylic oxidation sites excluding steroid dienone is 3. The van der Waals surface area contributed by atoms with E-state index in [-0.39, 0.29) is 29.0 Å². The lowest BCUT2D eigenvalue weighted by molar-refractivity contribution is -0.139. The number of nitrogens with one attached hydrogen (secondary N) is 1. The van der Waals surface area contributed by atoms with Crippen molar-refractivity contribution in [2.24, 2.45) is 11.3 Å². The molecule has 2 atom stereocenters. The highest BCUT2D eigenvalue weighted by Crippen LogP contribution is 2.48. The third-order valence-corrected chi connectivity index (χ3v) is 6.40. The van der Waals surface area contributed by atoms with E-state index >= 15 is 0 Å². The molecule has 0 saturated carbocycles. The molecule has 1 aliphatic carbocycles. The maximum absolute atomic E-state index is 13.0. The van der Waals surface area contributed by atoms with Gasteiger partial charge in [0, 0.05) is 38.5 Å². The Morgan fingerprint density at radius 1 is 1.44 bits per heavy atom. The zero-order valence-electron chi connectivity index (χ0n) is 14.8. The number of fused-ring (bicyclic) bond motifs is 1. The largest absolute Gasteiger partial charge is 0.463 e. The molecule has 2 aliphatic rings. The Balaban J connectivity index is 2.17. The normalized spacial score (nSPS) is 25.2.